The minimum absolute atomic E-state index is 0.0720. The maximum absolute atomic E-state index is 11.0. The number of aliphatic hydroxyl groups excluding tert-OH is 1. The molecule has 0 saturated carbocycles. The van der Waals surface area contributed by atoms with E-state index in [2.05, 4.69) is 0 Å². The van der Waals surface area contributed by atoms with E-state index in [0.29, 0.717) is 12.8 Å². The molecule has 1 heterocycles. The third-order valence-corrected chi connectivity index (χ3v) is 2.43. The second kappa shape index (κ2) is 2.98. The molecule has 68 valence electrons. The maximum atomic E-state index is 11.0. The molecule has 1 aliphatic heterocycles. The Morgan fingerprint density at radius 2 is 2.33 bits per heavy atom. The lowest BCUT2D eigenvalue weighted by Crippen LogP contribution is -2.35. The van der Waals surface area contributed by atoms with Crippen molar-refractivity contribution in [3.63, 3.8) is 0 Å². The average Bonchev–Trinajstić information content (AvgIpc) is 2.00. The van der Waals surface area contributed by atoms with Crippen LogP contribution in [0.4, 0.5) is 0 Å². The fourth-order valence-electron chi connectivity index (χ4n) is 1.05. The molecule has 1 rings (SSSR count). The van der Waals surface area contributed by atoms with Crippen LogP contribution in [-0.2, 0) is 9.53 Å². The van der Waals surface area contributed by atoms with Gasteiger partial charge in [0.2, 0.25) is 0 Å². The average molecular weight is 191 g/mol. The van der Waals surface area contributed by atoms with E-state index in [-0.39, 0.29) is 10.8 Å². The summed E-state index contributed by atoms with van der Waals surface area (Å²) in [5.41, 5.74) is -0.598. The summed E-state index contributed by atoms with van der Waals surface area (Å²) in [6.07, 6.45) is 0.959. The second-order valence-electron chi connectivity index (χ2n) is 3.13. The van der Waals surface area contributed by atoms with Crippen LogP contribution in [0.25, 0.3) is 0 Å². The van der Waals surface area contributed by atoms with Crippen LogP contribution in [0.1, 0.15) is 26.7 Å². The number of cyclic esters (lactones) is 1. The topological polar surface area (TPSA) is 46.5 Å². The molecule has 0 aromatic carbocycles. The van der Waals surface area contributed by atoms with Crippen molar-refractivity contribution >= 4 is 17.6 Å². The van der Waals surface area contributed by atoms with Crippen LogP contribution in [0.2, 0.25) is 0 Å². The molecular weight excluding hydrogens is 180 g/mol. The van der Waals surface area contributed by atoms with E-state index < -0.39 is 11.6 Å². The third-order valence-electron chi connectivity index (χ3n) is 2.06. The highest BCUT2D eigenvalue weighted by Gasteiger charge is 2.36. The Kier molecular flexibility index (Phi) is 2.33. The van der Waals surface area contributed by atoms with Gasteiger partial charge in [-0.1, -0.05) is 18.5 Å². The molecule has 1 atom stereocenters. The Morgan fingerprint density at radius 1 is 1.75 bits per heavy atom. The Labute approximate surface area is 76.0 Å². The van der Waals surface area contributed by atoms with Gasteiger partial charge in [-0.15, -0.1) is 0 Å². The highest BCUT2D eigenvalue weighted by molar-refractivity contribution is 6.41. The molecule has 4 heteroatoms. The summed E-state index contributed by atoms with van der Waals surface area (Å²) in [7, 11) is 0. The molecule has 0 fully saturated rings. The zero-order chi connectivity index (χ0) is 9.35. The van der Waals surface area contributed by atoms with Crippen LogP contribution >= 0.6 is 11.6 Å². The first-order valence-electron chi connectivity index (χ1n) is 3.79. The molecule has 0 aliphatic carbocycles. The van der Waals surface area contributed by atoms with Gasteiger partial charge in [0.1, 0.15) is 11.4 Å². The molecule has 0 amide bonds. The first-order chi connectivity index (χ1) is 5.48. The van der Waals surface area contributed by atoms with Crippen molar-refractivity contribution in [1.29, 1.82) is 0 Å². The van der Waals surface area contributed by atoms with Crippen LogP contribution in [0.3, 0.4) is 0 Å². The van der Waals surface area contributed by atoms with E-state index in [9.17, 15) is 9.90 Å². The van der Waals surface area contributed by atoms with Crippen molar-refractivity contribution in [3.8, 4) is 0 Å². The number of halogens is 1. The van der Waals surface area contributed by atoms with Crippen molar-refractivity contribution in [1.82, 2.24) is 0 Å². The van der Waals surface area contributed by atoms with E-state index in [4.69, 9.17) is 16.3 Å². The summed E-state index contributed by atoms with van der Waals surface area (Å²) in [6, 6.07) is 0. The minimum Gasteiger partial charge on any atom is -0.510 e. The Balaban J connectivity index is 2.92. The van der Waals surface area contributed by atoms with Crippen molar-refractivity contribution in [3.05, 3.63) is 10.8 Å². The predicted octanol–water partition coefficient (Wildman–Crippen LogP) is 2.11. The van der Waals surface area contributed by atoms with E-state index in [1.54, 1.807) is 6.92 Å². The normalized spacial score (nSPS) is 30.4. The Morgan fingerprint density at radius 3 is 2.75 bits per heavy atom. The standard InChI is InChI=1S/C8H11ClO3/c1-3-8(2)4-5(10)6(9)7(11)12-8/h10H,3-4H2,1-2H3. The van der Waals surface area contributed by atoms with Gasteiger partial charge in [-0.2, -0.15) is 0 Å². The molecule has 0 aromatic rings. The third kappa shape index (κ3) is 1.55. The van der Waals surface area contributed by atoms with Gasteiger partial charge in [-0.05, 0) is 13.3 Å². The first-order valence-corrected chi connectivity index (χ1v) is 4.17. The molecule has 0 radical (unpaired) electrons. The van der Waals surface area contributed by atoms with Gasteiger partial charge in [0.25, 0.3) is 0 Å². The van der Waals surface area contributed by atoms with E-state index in [0.717, 1.165) is 0 Å². The summed E-state index contributed by atoms with van der Waals surface area (Å²) in [4.78, 5) is 11.0. The molecular formula is C8H11ClO3. The van der Waals surface area contributed by atoms with Gasteiger partial charge in [-0.3, -0.25) is 0 Å². The first kappa shape index (κ1) is 9.39. The zero-order valence-electron chi connectivity index (χ0n) is 7.06. The monoisotopic (exact) mass is 190 g/mol. The van der Waals surface area contributed by atoms with E-state index in [1.807, 2.05) is 6.92 Å². The minimum atomic E-state index is -0.634. The van der Waals surface area contributed by atoms with Gasteiger partial charge >= 0.3 is 5.97 Å². The summed E-state index contributed by atoms with van der Waals surface area (Å²) in [5.74, 6) is -0.706. The smallest absolute Gasteiger partial charge is 0.353 e. The van der Waals surface area contributed by atoms with Crippen molar-refractivity contribution < 1.29 is 14.6 Å². The van der Waals surface area contributed by atoms with Gasteiger partial charge in [0, 0.05) is 6.42 Å². The number of rotatable bonds is 1. The molecule has 0 spiro atoms. The number of hydrogen-bond donors (Lipinski definition) is 1. The molecule has 3 nitrogen and oxygen atoms in total. The number of carbonyl (C=O) groups excluding carboxylic acids is 1. The molecule has 1 unspecified atom stereocenters. The van der Waals surface area contributed by atoms with Crippen LogP contribution < -0.4 is 0 Å². The molecule has 12 heavy (non-hydrogen) atoms. The van der Waals surface area contributed by atoms with Crippen LogP contribution in [0.5, 0.6) is 0 Å². The molecule has 1 N–H and O–H groups in total. The van der Waals surface area contributed by atoms with Gasteiger partial charge in [0.05, 0.1) is 0 Å². The fourth-order valence-corrected chi connectivity index (χ4v) is 1.16. The molecule has 0 aromatic heterocycles. The van der Waals surface area contributed by atoms with Crippen molar-refractivity contribution in [2.24, 2.45) is 0 Å². The molecule has 1 aliphatic rings. The van der Waals surface area contributed by atoms with Gasteiger partial charge < -0.3 is 9.84 Å². The highest BCUT2D eigenvalue weighted by atomic mass is 35.5. The second-order valence-corrected chi connectivity index (χ2v) is 3.51. The lowest BCUT2D eigenvalue weighted by molar-refractivity contribution is -0.155. The summed E-state index contributed by atoms with van der Waals surface area (Å²) in [6.45, 7) is 3.66. The number of carbonyl (C=O) groups is 1. The lowest BCUT2D eigenvalue weighted by atomic mass is 9.95. The van der Waals surface area contributed by atoms with Crippen molar-refractivity contribution in [2.75, 3.05) is 0 Å². The Hall–Kier alpha value is -0.700. The van der Waals surface area contributed by atoms with Crippen LogP contribution in [0.15, 0.2) is 10.8 Å². The number of hydrogen-bond acceptors (Lipinski definition) is 3. The van der Waals surface area contributed by atoms with Gasteiger partial charge in [0.15, 0.2) is 5.03 Å². The van der Waals surface area contributed by atoms with Gasteiger partial charge in [-0.25, -0.2) is 4.79 Å². The maximum Gasteiger partial charge on any atom is 0.353 e. The number of ether oxygens (including phenoxy) is 1. The summed E-state index contributed by atoms with van der Waals surface area (Å²) in [5, 5.41) is 9.07. The number of esters is 1. The fraction of sp³-hybridized carbons (Fsp3) is 0.625. The zero-order valence-corrected chi connectivity index (χ0v) is 7.81. The lowest BCUT2D eigenvalue weighted by Gasteiger charge is -2.31. The van der Waals surface area contributed by atoms with Crippen LogP contribution in [0, 0.1) is 0 Å². The number of aliphatic hydroxyl groups is 1. The van der Waals surface area contributed by atoms with E-state index >= 15 is 0 Å². The molecule has 0 saturated heterocycles. The summed E-state index contributed by atoms with van der Waals surface area (Å²) < 4.78 is 5.02. The SMILES string of the molecule is CCC1(C)CC(O)=C(Cl)C(=O)O1. The van der Waals surface area contributed by atoms with E-state index in [1.165, 1.54) is 0 Å². The largest absolute Gasteiger partial charge is 0.510 e. The molecule has 0 bridgehead atoms. The quantitative estimate of drug-likeness (QED) is 0.645. The van der Waals surface area contributed by atoms with Crippen LogP contribution in [-0.4, -0.2) is 16.7 Å². The van der Waals surface area contributed by atoms with Crippen molar-refractivity contribution in [2.45, 2.75) is 32.3 Å². The summed E-state index contributed by atoms with van der Waals surface area (Å²) >= 11 is 5.46. The Bertz CT molecular complexity index is 247. The predicted molar refractivity (Wildman–Crippen MR) is 44.9 cm³/mol. The highest BCUT2D eigenvalue weighted by Crippen LogP contribution is 2.32.